The predicted molar refractivity (Wildman–Crippen MR) is 88.4 cm³/mol. The van der Waals surface area contributed by atoms with Crippen LogP contribution in [0.15, 0.2) is 49.1 Å². The summed E-state index contributed by atoms with van der Waals surface area (Å²) in [6, 6.07) is 11.8. The molecule has 2 aromatic heterocycles. The molecule has 0 spiro atoms. The maximum atomic E-state index is 5.62. The minimum Gasteiger partial charge on any atom is -0.417 e. The van der Waals surface area contributed by atoms with Crippen LogP contribution < -0.4 is 0 Å². The van der Waals surface area contributed by atoms with E-state index >= 15 is 0 Å². The van der Waals surface area contributed by atoms with Gasteiger partial charge in [0.2, 0.25) is 11.8 Å². The monoisotopic (exact) mass is 410 g/mol. The van der Waals surface area contributed by atoms with Crippen LogP contribution in [0.3, 0.4) is 0 Å². The molecule has 0 aliphatic carbocycles. The van der Waals surface area contributed by atoms with Gasteiger partial charge in [-0.15, -0.1) is 21.5 Å². The van der Waals surface area contributed by atoms with E-state index in [1.807, 2.05) is 48.6 Å². The van der Waals surface area contributed by atoms with Crippen LogP contribution in [0.1, 0.15) is 10.8 Å². The predicted octanol–water partition coefficient (Wildman–Crippen LogP) is 5.49. The van der Waals surface area contributed by atoms with Gasteiger partial charge >= 0.3 is 0 Å². The summed E-state index contributed by atoms with van der Waals surface area (Å²) in [4.78, 5) is 1.12. The van der Waals surface area contributed by atoms with Crippen LogP contribution in [0.4, 0.5) is 0 Å². The summed E-state index contributed by atoms with van der Waals surface area (Å²) in [6.07, 6.45) is 3.76. The summed E-state index contributed by atoms with van der Waals surface area (Å²) in [6.45, 7) is 0. The highest BCUT2D eigenvalue weighted by molar-refractivity contribution is 9.11. The topological polar surface area (TPSA) is 38.9 Å². The lowest BCUT2D eigenvalue weighted by Crippen LogP contribution is -1.76. The van der Waals surface area contributed by atoms with Crippen molar-refractivity contribution in [2.24, 2.45) is 0 Å². The number of aromatic nitrogens is 2. The van der Waals surface area contributed by atoms with E-state index in [0.29, 0.717) is 11.8 Å². The third-order valence-corrected chi connectivity index (χ3v) is 4.58. The fourth-order valence-corrected chi connectivity index (χ4v) is 3.34. The van der Waals surface area contributed by atoms with E-state index in [4.69, 9.17) is 4.42 Å². The van der Waals surface area contributed by atoms with E-state index in [1.165, 1.54) is 0 Å². The molecule has 6 heteroatoms. The zero-order valence-electron chi connectivity index (χ0n) is 10.1. The Labute approximate surface area is 136 Å². The maximum absolute atomic E-state index is 5.62. The quantitative estimate of drug-likeness (QED) is 0.571. The fourth-order valence-electron chi connectivity index (χ4n) is 1.61. The van der Waals surface area contributed by atoms with Gasteiger partial charge in [-0.25, -0.2) is 0 Å². The molecule has 20 heavy (non-hydrogen) atoms. The molecule has 0 aliphatic rings. The van der Waals surface area contributed by atoms with Crippen LogP contribution >= 0.6 is 43.2 Å². The highest BCUT2D eigenvalue weighted by atomic mass is 79.9. The van der Waals surface area contributed by atoms with Gasteiger partial charge in [-0.05, 0) is 52.3 Å². The third kappa shape index (κ3) is 3.26. The minimum atomic E-state index is 0.490. The van der Waals surface area contributed by atoms with Crippen molar-refractivity contribution < 1.29 is 4.42 Å². The number of rotatable bonds is 3. The van der Waals surface area contributed by atoms with Crippen molar-refractivity contribution in [2.75, 3.05) is 0 Å². The van der Waals surface area contributed by atoms with Gasteiger partial charge in [0.15, 0.2) is 0 Å². The summed E-state index contributed by atoms with van der Waals surface area (Å²) in [5.41, 5.74) is 0.894. The first kappa shape index (κ1) is 13.7. The van der Waals surface area contributed by atoms with Crippen molar-refractivity contribution in [1.29, 1.82) is 0 Å². The standard InChI is InChI=1S/C14H8Br2N2OS/c15-10-3-1-2-9(8-10)14-18-17-13(19-14)7-5-11-4-6-12(16)20-11/h1-8H/b7-5+. The van der Waals surface area contributed by atoms with Crippen molar-refractivity contribution in [3.05, 3.63) is 55.4 Å². The van der Waals surface area contributed by atoms with Crippen molar-refractivity contribution in [3.63, 3.8) is 0 Å². The van der Waals surface area contributed by atoms with Crippen molar-refractivity contribution in [3.8, 4) is 11.5 Å². The summed E-state index contributed by atoms with van der Waals surface area (Å²) < 4.78 is 7.69. The number of hydrogen-bond donors (Lipinski definition) is 0. The minimum absolute atomic E-state index is 0.490. The highest BCUT2D eigenvalue weighted by Crippen LogP contribution is 2.25. The van der Waals surface area contributed by atoms with Gasteiger partial charge in [-0.2, -0.15) is 0 Å². The smallest absolute Gasteiger partial charge is 0.248 e. The lowest BCUT2D eigenvalue weighted by molar-refractivity contribution is 0.558. The lowest BCUT2D eigenvalue weighted by Gasteiger charge is -1.94. The zero-order chi connectivity index (χ0) is 13.9. The normalized spacial score (nSPS) is 11.3. The van der Waals surface area contributed by atoms with Crippen molar-refractivity contribution >= 4 is 55.3 Å². The van der Waals surface area contributed by atoms with Crippen molar-refractivity contribution in [1.82, 2.24) is 10.2 Å². The number of benzene rings is 1. The Bertz CT molecular complexity index is 764. The van der Waals surface area contributed by atoms with E-state index < -0.39 is 0 Å². The van der Waals surface area contributed by atoms with Crippen LogP contribution in [0, 0.1) is 0 Å². The number of thiophene rings is 1. The molecular formula is C14H8Br2N2OS. The Morgan fingerprint density at radius 2 is 1.95 bits per heavy atom. The second kappa shape index (κ2) is 6.03. The van der Waals surface area contributed by atoms with Crippen LogP contribution in [-0.2, 0) is 0 Å². The summed E-state index contributed by atoms with van der Waals surface area (Å²) >= 11 is 8.50. The molecule has 0 saturated heterocycles. The van der Waals surface area contributed by atoms with Gasteiger partial charge in [-0.1, -0.05) is 22.0 Å². The molecule has 0 aliphatic heterocycles. The molecule has 0 fully saturated rings. The second-order valence-electron chi connectivity index (χ2n) is 3.93. The van der Waals surface area contributed by atoms with E-state index in [0.717, 1.165) is 18.7 Å². The van der Waals surface area contributed by atoms with Crippen LogP contribution in [0.5, 0.6) is 0 Å². The van der Waals surface area contributed by atoms with E-state index in [9.17, 15) is 0 Å². The molecule has 3 nitrogen and oxygen atoms in total. The summed E-state index contributed by atoms with van der Waals surface area (Å²) in [5, 5.41) is 8.07. The average Bonchev–Trinajstić information content (AvgIpc) is 3.05. The molecule has 2 heterocycles. The van der Waals surface area contributed by atoms with Gasteiger partial charge in [0.05, 0.1) is 3.79 Å². The van der Waals surface area contributed by atoms with Crippen LogP contribution in [-0.4, -0.2) is 10.2 Å². The van der Waals surface area contributed by atoms with Crippen molar-refractivity contribution in [2.45, 2.75) is 0 Å². The Balaban J connectivity index is 1.82. The van der Waals surface area contributed by atoms with Gasteiger partial charge in [0.25, 0.3) is 0 Å². The summed E-state index contributed by atoms with van der Waals surface area (Å²) in [5.74, 6) is 1.00. The molecular weight excluding hydrogens is 404 g/mol. The molecule has 3 rings (SSSR count). The molecule has 0 atom stereocenters. The first-order valence-corrected chi connectivity index (χ1v) is 8.14. The lowest BCUT2D eigenvalue weighted by atomic mass is 10.2. The third-order valence-electron chi connectivity index (χ3n) is 2.50. The Morgan fingerprint density at radius 1 is 1.05 bits per heavy atom. The second-order valence-corrected chi connectivity index (χ2v) is 7.34. The molecule has 0 bridgehead atoms. The average molecular weight is 412 g/mol. The molecule has 0 unspecified atom stereocenters. The van der Waals surface area contributed by atoms with Gasteiger partial charge in [0, 0.05) is 21.0 Å². The van der Waals surface area contributed by atoms with Crippen LogP contribution in [0.2, 0.25) is 0 Å². The molecule has 0 radical (unpaired) electrons. The molecule has 0 amide bonds. The number of halogens is 2. The fraction of sp³-hybridized carbons (Fsp3) is 0. The maximum Gasteiger partial charge on any atom is 0.248 e. The molecule has 1 aromatic carbocycles. The number of nitrogens with zero attached hydrogens (tertiary/aromatic N) is 2. The van der Waals surface area contributed by atoms with E-state index in [-0.39, 0.29) is 0 Å². The Morgan fingerprint density at radius 3 is 2.70 bits per heavy atom. The largest absolute Gasteiger partial charge is 0.417 e. The Hall–Kier alpha value is -1.24. The van der Waals surface area contributed by atoms with Gasteiger partial charge in [-0.3, -0.25) is 0 Å². The first-order valence-electron chi connectivity index (χ1n) is 5.73. The molecule has 3 aromatic rings. The molecule has 100 valence electrons. The SMILES string of the molecule is Brc1cccc(-c2nnc(/C=C/c3ccc(Br)s3)o2)c1. The number of hydrogen-bond acceptors (Lipinski definition) is 4. The molecule has 0 N–H and O–H groups in total. The Kier molecular flexibility index (Phi) is 4.14. The molecule has 0 saturated carbocycles. The van der Waals surface area contributed by atoms with Gasteiger partial charge in [0.1, 0.15) is 0 Å². The van der Waals surface area contributed by atoms with E-state index in [1.54, 1.807) is 11.3 Å². The van der Waals surface area contributed by atoms with Crippen LogP contribution in [0.25, 0.3) is 23.6 Å². The van der Waals surface area contributed by atoms with E-state index in [2.05, 4.69) is 42.1 Å². The zero-order valence-corrected chi connectivity index (χ0v) is 14.1. The van der Waals surface area contributed by atoms with Gasteiger partial charge < -0.3 is 4.42 Å². The highest BCUT2D eigenvalue weighted by Gasteiger charge is 2.06. The summed E-state index contributed by atoms with van der Waals surface area (Å²) in [7, 11) is 0. The first-order chi connectivity index (χ1) is 9.70.